The van der Waals surface area contributed by atoms with Gasteiger partial charge in [-0.05, 0) is 0 Å². The van der Waals surface area contributed by atoms with E-state index in [1.165, 1.54) is 0 Å². The standard InChI is InChI=1S/Ca.FH.K.Na.O3Si.2H2O/c;;;;1-4(2)3;;/h;1H;;;;2*1H2/q+2;;2*+1;-2;;/p-2. The molecule has 0 aromatic rings. The second kappa shape index (κ2) is 39.4. The first-order valence-corrected chi connectivity index (χ1v) is 1.84. The molecule has 0 aromatic heterocycles. The Labute approximate surface area is 154 Å². The van der Waals surface area contributed by atoms with Gasteiger partial charge in [0.15, 0.2) is 0 Å². The van der Waals surface area contributed by atoms with Gasteiger partial charge in [-0.15, -0.1) is 0 Å². The molecule has 0 unspecified atom stereocenters. The van der Waals surface area contributed by atoms with E-state index in [1.807, 2.05) is 0 Å². The summed E-state index contributed by atoms with van der Waals surface area (Å²) in [5.41, 5.74) is 0. The molecule has 0 aromatic carbocycles. The van der Waals surface area contributed by atoms with Crippen molar-refractivity contribution in [3.05, 3.63) is 0 Å². The molecule has 0 atom stereocenters. The van der Waals surface area contributed by atoms with E-state index in [9.17, 15) is 0 Å². The largest absolute Gasteiger partial charge is 2.00 e. The van der Waals surface area contributed by atoms with Gasteiger partial charge in [-0.25, -0.2) is 0 Å². The first kappa shape index (κ1) is 50.4. The normalized spacial score (nSPS) is 2.40. The van der Waals surface area contributed by atoms with Crippen LogP contribution in [0.1, 0.15) is 0 Å². The molecule has 0 aliphatic rings. The van der Waals surface area contributed by atoms with Gasteiger partial charge in [0, 0.05) is 9.17 Å². The predicted octanol–water partition coefficient (Wildman–Crippen LogP) is -13.2. The average molecular weight is 232 g/mol. The van der Waals surface area contributed by atoms with Crippen molar-refractivity contribution in [2.24, 2.45) is 0 Å². The van der Waals surface area contributed by atoms with Gasteiger partial charge in [0.1, 0.15) is 0 Å². The van der Waals surface area contributed by atoms with E-state index >= 15 is 0 Å². The Hall–Kier alpha value is 3.36. The Bertz CT molecular complexity index is 44.6. The summed E-state index contributed by atoms with van der Waals surface area (Å²) in [5.74, 6) is 0. The van der Waals surface area contributed by atoms with Gasteiger partial charge in [0.05, 0.1) is 0 Å². The summed E-state index contributed by atoms with van der Waals surface area (Å²) in [6, 6.07) is 0. The van der Waals surface area contributed by atoms with Gasteiger partial charge in [0.25, 0.3) is 0 Å². The SMILES string of the molecule is O.O=[Si]([O-])[O-].[Ca+2].[F-].[K+].[Na+].[OH-]. The van der Waals surface area contributed by atoms with Gasteiger partial charge in [0.2, 0.25) is 0 Å². The molecule has 0 fully saturated rings. The molecule has 0 aliphatic carbocycles. The minimum absolute atomic E-state index is 0. The van der Waals surface area contributed by atoms with Crippen LogP contribution < -0.4 is 95.2 Å². The van der Waals surface area contributed by atoms with Crippen LogP contribution in [-0.4, -0.2) is 57.9 Å². The molecule has 0 saturated carbocycles. The summed E-state index contributed by atoms with van der Waals surface area (Å²) < 4.78 is 8.52. The minimum atomic E-state index is -3.63. The van der Waals surface area contributed by atoms with Gasteiger partial charge >= 0.3 is 119 Å². The Morgan fingerprint density at radius 2 is 1.20 bits per heavy atom. The summed E-state index contributed by atoms with van der Waals surface area (Å²) in [4.78, 5) is 17.0. The summed E-state index contributed by atoms with van der Waals surface area (Å²) in [6.45, 7) is 0. The van der Waals surface area contributed by atoms with Gasteiger partial charge < -0.3 is 29.7 Å². The molecular weight excluding hydrogens is 229 g/mol. The van der Waals surface area contributed by atoms with Crippen LogP contribution in [-0.2, 0) is 4.46 Å². The smallest absolute Gasteiger partial charge is 1.00 e. The Balaban J connectivity index is -0.00000000300. The molecule has 0 saturated heterocycles. The predicted molar refractivity (Wildman–Crippen MR) is 17.7 cm³/mol. The van der Waals surface area contributed by atoms with Crippen LogP contribution in [0.5, 0.6) is 0 Å². The zero-order chi connectivity index (χ0) is 3.58. The topological polar surface area (TPSA) is 125 Å². The molecule has 0 bridgehead atoms. The molecule has 0 amide bonds. The molecule has 5 nitrogen and oxygen atoms in total. The summed E-state index contributed by atoms with van der Waals surface area (Å²) >= 11 is 0. The quantitative estimate of drug-likeness (QED) is 0.384. The van der Waals surface area contributed by atoms with E-state index < -0.39 is 9.17 Å². The summed E-state index contributed by atoms with van der Waals surface area (Å²) in [6.07, 6.45) is 0. The molecule has 48 valence electrons. The van der Waals surface area contributed by atoms with E-state index in [0.717, 1.165) is 0 Å². The fraction of sp³-hybridized carbons (Fsp3) is 0. The first-order chi connectivity index (χ1) is 1.73. The van der Waals surface area contributed by atoms with Crippen LogP contribution in [0.25, 0.3) is 0 Å². The molecule has 0 heterocycles. The Morgan fingerprint density at radius 3 is 1.20 bits per heavy atom. The monoisotopic (exact) mass is 232 g/mol. The Morgan fingerprint density at radius 1 is 1.20 bits per heavy atom. The maximum absolute atomic E-state index is 8.52. The van der Waals surface area contributed by atoms with Crippen molar-refractivity contribution in [2.45, 2.75) is 0 Å². The zero-order valence-corrected chi connectivity index (χ0v) is 14.1. The number of rotatable bonds is 0. The number of hydrogen-bond acceptors (Lipinski definition) is 4. The van der Waals surface area contributed by atoms with Crippen LogP contribution in [0, 0.1) is 0 Å². The third-order valence-electron chi connectivity index (χ3n) is 0. The molecule has 10 heavy (non-hydrogen) atoms. The maximum Gasteiger partial charge on any atom is 2.00 e. The summed E-state index contributed by atoms with van der Waals surface area (Å²) in [5, 5.41) is 0. The molecule has 0 radical (unpaired) electrons. The fourth-order valence-electron chi connectivity index (χ4n) is 0. The van der Waals surface area contributed by atoms with Crippen LogP contribution in [0.15, 0.2) is 0 Å². The Kier molecular flexibility index (Phi) is 199. The van der Waals surface area contributed by atoms with Gasteiger partial charge in [-0.1, -0.05) is 0 Å². The van der Waals surface area contributed by atoms with Crippen LogP contribution in [0.3, 0.4) is 0 Å². The van der Waals surface area contributed by atoms with Crippen molar-refractivity contribution in [1.82, 2.24) is 0 Å². The third kappa shape index (κ3) is 108. The third-order valence-corrected chi connectivity index (χ3v) is 0. The van der Waals surface area contributed by atoms with Crippen LogP contribution >= 0.6 is 0 Å². The van der Waals surface area contributed by atoms with E-state index in [4.69, 9.17) is 14.1 Å². The molecule has 10 heteroatoms. The van der Waals surface area contributed by atoms with Crippen molar-refractivity contribution in [1.29, 1.82) is 0 Å². The van der Waals surface area contributed by atoms with Crippen molar-refractivity contribution in [2.75, 3.05) is 0 Å². The fourth-order valence-corrected chi connectivity index (χ4v) is 0. The summed E-state index contributed by atoms with van der Waals surface area (Å²) in [7, 11) is -3.63. The molecule has 0 spiro atoms. The van der Waals surface area contributed by atoms with Crippen molar-refractivity contribution in [3.63, 3.8) is 0 Å². The van der Waals surface area contributed by atoms with E-state index in [0.29, 0.717) is 0 Å². The molecule has 0 aliphatic heterocycles. The molecular formula is H3CaFKNaO5Si. The van der Waals surface area contributed by atoms with Crippen LogP contribution in [0.2, 0.25) is 0 Å². The average Bonchev–Trinajstić information content (AvgIpc) is 0.811. The van der Waals surface area contributed by atoms with Crippen molar-refractivity contribution in [3.8, 4) is 0 Å². The minimum Gasteiger partial charge on any atom is -1.00 e. The first-order valence-electron chi connectivity index (χ1n) is 0.612. The number of hydrogen-bond donors (Lipinski definition) is 0. The van der Waals surface area contributed by atoms with E-state index in [1.54, 1.807) is 0 Å². The van der Waals surface area contributed by atoms with E-state index in [2.05, 4.69) is 0 Å². The van der Waals surface area contributed by atoms with Gasteiger partial charge in [-0.2, -0.15) is 0 Å². The van der Waals surface area contributed by atoms with Gasteiger partial charge in [-0.3, -0.25) is 0 Å². The van der Waals surface area contributed by atoms with Crippen molar-refractivity contribution >= 4 is 46.9 Å². The zero-order valence-electron chi connectivity index (χ0n) is 5.76. The van der Waals surface area contributed by atoms with Crippen molar-refractivity contribution < 1.29 is 111 Å². The number of halogens is 1. The maximum atomic E-state index is 8.52. The molecule has 0 rings (SSSR count). The molecule has 3 N–H and O–H groups in total. The second-order valence-corrected chi connectivity index (χ2v) is 0.750. The van der Waals surface area contributed by atoms with E-state index in [-0.39, 0.29) is 134 Å². The van der Waals surface area contributed by atoms with Crippen LogP contribution in [0.4, 0.5) is 0 Å². The second-order valence-electron chi connectivity index (χ2n) is 0.250.